The monoisotopic (exact) mass is 354 g/mol. The molecule has 7 unspecified atom stereocenters. The SMILES string of the molecule is C=CCOCC(OC1COCC(O)C(O)C1O)C(O)C(O)C(O)O. The van der Waals surface area contributed by atoms with Crippen LogP contribution in [0.15, 0.2) is 12.7 Å². The first kappa shape index (κ1) is 21.4. The van der Waals surface area contributed by atoms with E-state index in [2.05, 4.69) is 6.58 Å². The van der Waals surface area contributed by atoms with E-state index in [4.69, 9.17) is 24.4 Å². The normalized spacial score (nSPS) is 32.2. The summed E-state index contributed by atoms with van der Waals surface area (Å²) in [5, 5.41) is 66.9. The van der Waals surface area contributed by atoms with Crippen LogP contribution in [0.3, 0.4) is 0 Å². The van der Waals surface area contributed by atoms with Crippen molar-refractivity contribution in [1.82, 2.24) is 0 Å². The van der Waals surface area contributed by atoms with Crippen molar-refractivity contribution in [3.05, 3.63) is 12.7 Å². The van der Waals surface area contributed by atoms with E-state index in [0.717, 1.165) is 0 Å². The van der Waals surface area contributed by atoms with Gasteiger partial charge in [-0.25, -0.2) is 0 Å². The lowest BCUT2D eigenvalue weighted by molar-refractivity contribution is -0.213. The Bertz CT molecular complexity index is 365. The fraction of sp³-hybridized carbons (Fsp3) is 0.857. The predicted octanol–water partition coefficient (Wildman–Crippen LogP) is -3.91. The lowest BCUT2D eigenvalue weighted by Gasteiger charge is -2.32. The van der Waals surface area contributed by atoms with E-state index in [9.17, 15) is 25.5 Å². The van der Waals surface area contributed by atoms with Crippen molar-refractivity contribution in [2.45, 2.75) is 49.0 Å². The average molecular weight is 354 g/mol. The molecule has 0 saturated carbocycles. The average Bonchev–Trinajstić information content (AvgIpc) is 2.67. The van der Waals surface area contributed by atoms with Crippen LogP contribution in [0.2, 0.25) is 0 Å². The van der Waals surface area contributed by atoms with Crippen molar-refractivity contribution in [2.24, 2.45) is 0 Å². The Morgan fingerprint density at radius 2 is 1.71 bits per heavy atom. The van der Waals surface area contributed by atoms with Crippen LogP contribution in [0.25, 0.3) is 0 Å². The molecule has 1 heterocycles. The highest BCUT2D eigenvalue weighted by atomic mass is 16.6. The molecule has 1 rings (SSSR count). The van der Waals surface area contributed by atoms with Crippen LogP contribution < -0.4 is 0 Å². The Hall–Kier alpha value is -0.660. The van der Waals surface area contributed by atoms with E-state index in [0.29, 0.717) is 0 Å². The number of aliphatic hydroxyl groups is 7. The minimum Gasteiger partial charge on any atom is -0.388 e. The molecule has 142 valence electrons. The molecule has 10 heteroatoms. The van der Waals surface area contributed by atoms with Gasteiger partial charge in [-0.05, 0) is 0 Å². The summed E-state index contributed by atoms with van der Waals surface area (Å²) in [6, 6.07) is 0. The van der Waals surface area contributed by atoms with Crippen molar-refractivity contribution in [1.29, 1.82) is 0 Å². The Morgan fingerprint density at radius 3 is 2.29 bits per heavy atom. The second kappa shape index (κ2) is 10.4. The Kier molecular flexibility index (Phi) is 9.23. The zero-order chi connectivity index (χ0) is 18.3. The van der Waals surface area contributed by atoms with Crippen molar-refractivity contribution in [2.75, 3.05) is 26.4 Å². The van der Waals surface area contributed by atoms with Crippen LogP contribution in [0.4, 0.5) is 0 Å². The highest BCUT2D eigenvalue weighted by Crippen LogP contribution is 2.18. The zero-order valence-corrected chi connectivity index (χ0v) is 13.1. The summed E-state index contributed by atoms with van der Waals surface area (Å²) in [7, 11) is 0. The molecule has 0 aliphatic carbocycles. The quantitative estimate of drug-likeness (QED) is 0.123. The summed E-state index contributed by atoms with van der Waals surface area (Å²) >= 11 is 0. The molecule has 0 bridgehead atoms. The lowest BCUT2D eigenvalue weighted by atomic mass is 10.0. The van der Waals surface area contributed by atoms with Crippen molar-refractivity contribution in [3.63, 3.8) is 0 Å². The predicted molar refractivity (Wildman–Crippen MR) is 78.8 cm³/mol. The summed E-state index contributed by atoms with van der Waals surface area (Å²) in [6.45, 7) is 2.88. The number of hydrogen-bond acceptors (Lipinski definition) is 10. The van der Waals surface area contributed by atoms with Crippen LogP contribution in [0, 0.1) is 0 Å². The van der Waals surface area contributed by atoms with Gasteiger partial charge in [0.25, 0.3) is 0 Å². The first-order valence-corrected chi connectivity index (χ1v) is 7.47. The van der Waals surface area contributed by atoms with Gasteiger partial charge >= 0.3 is 0 Å². The molecule has 0 aromatic rings. The third-order valence-electron chi connectivity index (χ3n) is 3.60. The highest BCUT2D eigenvalue weighted by molar-refractivity contribution is 4.87. The summed E-state index contributed by atoms with van der Waals surface area (Å²) in [6.07, 6.45) is -11.3. The van der Waals surface area contributed by atoms with Gasteiger partial charge in [0, 0.05) is 0 Å². The zero-order valence-electron chi connectivity index (χ0n) is 13.1. The molecule has 7 N–H and O–H groups in total. The van der Waals surface area contributed by atoms with Crippen molar-refractivity contribution in [3.8, 4) is 0 Å². The molecule has 10 nitrogen and oxygen atoms in total. The summed E-state index contributed by atoms with van der Waals surface area (Å²) in [4.78, 5) is 0. The maximum Gasteiger partial charge on any atom is 0.180 e. The molecule has 24 heavy (non-hydrogen) atoms. The van der Waals surface area contributed by atoms with Gasteiger partial charge in [0.1, 0.15) is 42.7 Å². The molecular formula is C14H26O10. The van der Waals surface area contributed by atoms with Crippen LogP contribution in [-0.4, -0.2) is 111 Å². The molecule has 1 aliphatic rings. The highest BCUT2D eigenvalue weighted by Gasteiger charge is 2.39. The molecule has 0 aromatic carbocycles. The van der Waals surface area contributed by atoms with Crippen LogP contribution in [-0.2, 0) is 14.2 Å². The van der Waals surface area contributed by atoms with Gasteiger partial charge in [0.05, 0.1) is 26.4 Å². The van der Waals surface area contributed by atoms with Crippen LogP contribution in [0.5, 0.6) is 0 Å². The van der Waals surface area contributed by atoms with Gasteiger partial charge in [0.2, 0.25) is 0 Å². The lowest BCUT2D eigenvalue weighted by Crippen LogP contribution is -2.52. The van der Waals surface area contributed by atoms with Gasteiger partial charge in [0.15, 0.2) is 6.29 Å². The van der Waals surface area contributed by atoms with Gasteiger partial charge in [-0.2, -0.15) is 0 Å². The minimum absolute atomic E-state index is 0.107. The molecule has 0 aromatic heterocycles. The summed E-state index contributed by atoms with van der Waals surface area (Å²) in [5.41, 5.74) is 0. The van der Waals surface area contributed by atoms with Gasteiger partial charge < -0.3 is 50.0 Å². The van der Waals surface area contributed by atoms with Crippen LogP contribution in [0.1, 0.15) is 0 Å². The minimum atomic E-state index is -2.21. The van der Waals surface area contributed by atoms with Gasteiger partial charge in [-0.15, -0.1) is 6.58 Å². The van der Waals surface area contributed by atoms with Crippen molar-refractivity contribution < 1.29 is 50.0 Å². The van der Waals surface area contributed by atoms with E-state index < -0.39 is 49.0 Å². The van der Waals surface area contributed by atoms with E-state index >= 15 is 0 Å². The maximum absolute atomic E-state index is 10.0. The maximum atomic E-state index is 10.0. The number of ether oxygens (including phenoxy) is 3. The topological polar surface area (TPSA) is 169 Å². The second-order valence-electron chi connectivity index (χ2n) is 5.52. The molecule has 1 aliphatic heterocycles. The Balaban J connectivity index is 2.79. The van der Waals surface area contributed by atoms with Gasteiger partial charge in [-0.3, -0.25) is 0 Å². The van der Waals surface area contributed by atoms with E-state index in [-0.39, 0.29) is 26.4 Å². The molecule has 0 radical (unpaired) electrons. The van der Waals surface area contributed by atoms with Gasteiger partial charge in [-0.1, -0.05) is 6.08 Å². The molecule has 7 atom stereocenters. The fourth-order valence-electron chi connectivity index (χ4n) is 2.18. The Labute approximate surface area is 139 Å². The third kappa shape index (κ3) is 6.01. The van der Waals surface area contributed by atoms with E-state index in [1.165, 1.54) is 6.08 Å². The number of rotatable bonds is 9. The van der Waals surface area contributed by atoms with E-state index in [1.807, 2.05) is 0 Å². The first-order chi connectivity index (χ1) is 11.3. The third-order valence-corrected chi connectivity index (χ3v) is 3.60. The largest absolute Gasteiger partial charge is 0.388 e. The Morgan fingerprint density at radius 1 is 1.04 bits per heavy atom. The molecular weight excluding hydrogens is 328 g/mol. The fourth-order valence-corrected chi connectivity index (χ4v) is 2.18. The molecule has 0 amide bonds. The molecule has 0 spiro atoms. The van der Waals surface area contributed by atoms with Crippen molar-refractivity contribution >= 4 is 0 Å². The summed E-state index contributed by atoms with van der Waals surface area (Å²) in [5.74, 6) is 0. The number of aliphatic hydroxyl groups excluding tert-OH is 6. The first-order valence-electron chi connectivity index (χ1n) is 7.47. The van der Waals surface area contributed by atoms with Crippen LogP contribution >= 0.6 is 0 Å². The smallest absolute Gasteiger partial charge is 0.180 e. The van der Waals surface area contributed by atoms with E-state index in [1.54, 1.807) is 0 Å². The summed E-state index contributed by atoms with van der Waals surface area (Å²) < 4.78 is 15.7. The number of hydrogen-bond donors (Lipinski definition) is 7. The standard InChI is InChI=1S/C14H26O10/c1-2-3-22-5-8(12(18)13(19)14(20)21)24-9-6-23-4-7(15)10(16)11(9)17/h2,7-21H,1,3-6H2. The molecule has 1 saturated heterocycles. The second-order valence-corrected chi connectivity index (χ2v) is 5.52. The molecule has 1 fully saturated rings.